The van der Waals surface area contributed by atoms with E-state index in [0.717, 1.165) is 32.0 Å². The van der Waals surface area contributed by atoms with Crippen molar-refractivity contribution < 1.29 is 9.53 Å². The number of amides is 1. The number of nitrogens with zero attached hydrogens (tertiary/aromatic N) is 2. The van der Waals surface area contributed by atoms with Gasteiger partial charge in [-0.1, -0.05) is 0 Å². The van der Waals surface area contributed by atoms with Gasteiger partial charge >= 0.3 is 0 Å². The summed E-state index contributed by atoms with van der Waals surface area (Å²) in [6.07, 6.45) is 2.53. The zero-order valence-corrected chi connectivity index (χ0v) is 11.3. The predicted molar refractivity (Wildman–Crippen MR) is 71.9 cm³/mol. The van der Waals surface area contributed by atoms with Gasteiger partial charge in [0.25, 0.3) is 5.91 Å². The topological polar surface area (TPSA) is 54.5 Å². The second-order valence-corrected chi connectivity index (χ2v) is 4.11. The van der Waals surface area contributed by atoms with E-state index < -0.39 is 0 Å². The Morgan fingerprint density at radius 3 is 2.78 bits per heavy atom. The van der Waals surface area contributed by atoms with Crippen LogP contribution >= 0.6 is 0 Å². The van der Waals surface area contributed by atoms with Crippen LogP contribution in [0.1, 0.15) is 23.7 Å². The fourth-order valence-corrected chi connectivity index (χ4v) is 1.42. The van der Waals surface area contributed by atoms with Crippen molar-refractivity contribution >= 4 is 11.7 Å². The van der Waals surface area contributed by atoms with Gasteiger partial charge in [0.1, 0.15) is 5.82 Å². The number of aromatic nitrogens is 1. The third kappa shape index (κ3) is 4.71. The number of hydrogen-bond acceptors (Lipinski definition) is 4. The van der Waals surface area contributed by atoms with Crippen molar-refractivity contribution in [3.63, 3.8) is 0 Å². The molecule has 5 heteroatoms. The van der Waals surface area contributed by atoms with Crippen LogP contribution in [0.4, 0.5) is 5.82 Å². The second-order valence-electron chi connectivity index (χ2n) is 4.11. The summed E-state index contributed by atoms with van der Waals surface area (Å²) in [7, 11) is 3.45. The summed E-state index contributed by atoms with van der Waals surface area (Å²) in [5.41, 5.74) is 0.597. The molecular weight excluding hydrogens is 230 g/mol. The summed E-state index contributed by atoms with van der Waals surface area (Å²) in [6.45, 7) is 4.30. The second kappa shape index (κ2) is 7.66. The van der Waals surface area contributed by atoms with Crippen molar-refractivity contribution in [1.82, 2.24) is 9.88 Å². The first-order valence-corrected chi connectivity index (χ1v) is 6.14. The molecule has 0 fully saturated rings. The summed E-state index contributed by atoms with van der Waals surface area (Å²) in [5, 5.41) is 3.18. The third-order valence-electron chi connectivity index (χ3n) is 2.39. The number of rotatable bonds is 7. The maximum absolute atomic E-state index is 11.6. The summed E-state index contributed by atoms with van der Waals surface area (Å²) in [5.74, 6) is 0.743. The van der Waals surface area contributed by atoms with E-state index in [1.165, 1.54) is 4.90 Å². The third-order valence-corrected chi connectivity index (χ3v) is 2.39. The number of carbonyl (C=O) groups excluding carboxylic acids is 1. The van der Waals surface area contributed by atoms with Crippen LogP contribution in [0, 0.1) is 0 Å². The maximum Gasteiger partial charge on any atom is 0.254 e. The predicted octanol–water partition coefficient (Wildman–Crippen LogP) is 1.62. The monoisotopic (exact) mass is 251 g/mol. The molecule has 100 valence electrons. The Morgan fingerprint density at radius 2 is 2.22 bits per heavy atom. The van der Waals surface area contributed by atoms with Crippen LogP contribution in [0.15, 0.2) is 18.3 Å². The highest BCUT2D eigenvalue weighted by Gasteiger charge is 2.07. The molecule has 0 atom stereocenters. The van der Waals surface area contributed by atoms with Gasteiger partial charge in [0.2, 0.25) is 0 Å². The molecule has 18 heavy (non-hydrogen) atoms. The van der Waals surface area contributed by atoms with E-state index >= 15 is 0 Å². The molecule has 0 aliphatic heterocycles. The molecule has 0 radical (unpaired) electrons. The van der Waals surface area contributed by atoms with E-state index in [9.17, 15) is 4.79 Å². The lowest BCUT2D eigenvalue weighted by Gasteiger charge is -2.10. The van der Waals surface area contributed by atoms with Crippen LogP contribution in [0.3, 0.4) is 0 Å². The van der Waals surface area contributed by atoms with Crippen LogP contribution in [0.2, 0.25) is 0 Å². The highest BCUT2D eigenvalue weighted by Crippen LogP contribution is 2.06. The first-order chi connectivity index (χ1) is 8.65. The minimum absolute atomic E-state index is 0.0367. The van der Waals surface area contributed by atoms with Crippen molar-refractivity contribution in [3.05, 3.63) is 23.9 Å². The van der Waals surface area contributed by atoms with Gasteiger partial charge in [-0.2, -0.15) is 0 Å². The van der Waals surface area contributed by atoms with Gasteiger partial charge in [-0.15, -0.1) is 0 Å². The van der Waals surface area contributed by atoms with Gasteiger partial charge in [-0.05, 0) is 25.5 Å². The zero-order valence-electron chi connectivity index (χ0n) is 11.3. The quantitative estimate of drug-likeness (QED) is 0.748. The lowest BCUT2D eigenvalue weighted by atomic mass is 10.2. The van der Waals surface area contributed by atoms with Crippen molar-refractivity contribution in [1.29, 1.82) is 0 Å². The number of carbonyl (C=O) groups is 1. The maximum atomic E-state index is 11.6. The molecule has 1 aromatic heterocycles. The van der Waals surface area contributed by atoms with Gasteiger partial charge in [-0.3, -0.25) is 4.79 Å². The molecule has 0 saturated carbocycles. The molecule has 0 saturated heterocycles. The van der Waals surface area contributed by atoms with Crippen molar-refractivity contribution in [3.8, 4) is 0 Å². The van der Waals surface area contributed by atoms with Crippen LogP contribution in [-0.4, -0.2) is 49.6 Å². The van der Waals surface area contributed by atoms with Crippen LogP contribution in [0.25, 0.3) is 0 Å². The minimum Gasteiger partial charge on any atom is -0.382 e. The van der Waals surface area contributed by atoms with Gasteiger partial charge in [0, 0.05) is 40.1 Å². The fourth-order valence-electron chi connectivity index (χ4n) is 1.42. The molecule has 1 aromatic rings. The molecule has 0 spiro atoms. The fraction of sp³-hybridized carbons (Fsp3) is 0.538. The Kier molecular flexibility index (Phi) is 6.14. The van der Waals surface area contributed by atoms with E-state index in [1.807, 2.05) is 13.0 Å². The Labute approximate surface area is 108 Å². The number of anilines is 1. The normalized spacial score (nSPS) is 10.2. The SMILES string of the molecule is CCOCCCNc1ccc(C(=O)N(C)C)cn1. The first-order valence-electron chi connectivity index (χ1n) is 6.14. The molecule has 1 amide bonds. The average molecular weight is 251 g/mol. The minimum atomic E-state index is -0.0367. The van der Waals surface area contributed by atoms with Gasteiger partial charge < -0.3 is 15.0 Å². The van der Waals surface area contributed by atoms with E-state index in [4.69, 9.17) is 4.74 Å². The largest absolute Gasteiger partial charge is 0.382 e. The van der Waals surface area contributed by atoms with E-state index in [0.29, 0.717) is 5.56 Å². The number of hydrogen-bond donors (Lipinski definition) is 1. The molecule has 1 heterocycles. The summed E-state index contributed by atoms with van der Waals surface area (Å²) in [6, 6.07) is 3.59. The van der Waals surface area contributed by atoms with E-state index in [2.05, 4.69) is 10.3 Å². The molecule has 0 aliphatic rings. The van der Waals surface area contributed by atoms with Crippen molar-refractivity contribution in [2.24, 2.45) is 0 Å². The van der Waals surface area contributed by atoms with Gasteiger partial charge in [-0.25, -0.2) is 4.98 Å². The Morgan fingerprint density at radius 1 is 1.44 bits per heavy atom. The molecule has 0 unspecified atom stereocenters. The lowest BCUT2D eigenvalue weighted by Crippen LogP contribution is -2.21. The van der Waals surface area contributed by atoms with Gasteiger partial charge in [0.15, 0.2) is 0 Å². The van der Waals surface area contributed by atoms with Crippen LogP contribution in [-0.2, 0) is 4.74 Å². The number of pyridine rings is 1. The molecule has 0 aliphatic carbocycles. The molecule has 1 N–H and O–H groups in total. The molecule has 5 nitrogen and oxygen atoms in total. The first kappa shape index (κ1) is 14.4. The van der Waals surface area contributed by atoms with Crippen LogP contribution in [0.5, 0.6) is 0 Å². The summed E-state index contributed by atoms with van der Waals surface area (Å²) < 4.78 is 5.24. The Balaban J connectivity index is 2.38. The molecule has 0 bridgehead atoms. The molecule has 1 rings (SSSR count). The highest BCUT2D eigenvalue weighted by molar-refractivity contribution is 5.93. The Bertz CT molecular complexity index is 363. The van der Waals surface area contributed by atoms with Crippen molar-refractivity contribution in [2.45, 2.75) is 13.3 Å². The van der Waals surface area contributed by atoms with E-state index in [-0.39, 0.29) is 5.91 Å². The number of ether oxygens (including phenoxy) is 1. The zero-order chi connectivity index (χ0) is 13.4. The molecular formula is C13H21N3O2. The highest BCUT2D eigenvalue weighted by atomic mass is 16.5. The van der Waals surface area contributed by atoms with Gasteiger partial charge in [0.05, 0.1) is 5.56 Å². The summed E-state index contributed by atoms with van der Waals surface area (Å²) in [4.78, 5) is 17.4. The number of nitrogens with one attached hydrogen (secondary N) is 1. The lowest BCUT2D eigenvalue weighted by molar-refractivity contribution is 0.0827. The standard InChI is InChI=1S/C13H21N3O2/c1-4-18-9-5-8-14-12-7-6-11(10-15-12)13(17)16(2)3/h6-7,10H,4-5,8-9H2,1-3H3,(H,14,15). The smallest absolute Gasteiger partial charge is 0.254 e. The average Bonchev–Trinajstić information content (AvgIpc) is 2.38. The summed E-state index contributed by atoms with van der Waals surface area (Å²) >= 11 is 0. The van der Waals surface area contributed by atoms with Crippen LogP contribution < -0.4 is 5.32 Å². The van der Waals surface area contributed by atoms with Crippen molar-refractivity contribution in [2.75, 3.05) is 39.2 Å². The van der Waals surface area contributed by atoms with E-state index in [1.54, 1.807) is 26.4 Å². The Hall–Kier alpha value is -1.62. The molecule has 0 aromatic carbocycles.